The molecule has 0 spiro atoms. The predicted molar refractivity (Wildman–Crippen MR) is 143 cm³/mol. The smallest absolute Gasteiger partial charge is 0.550 e. The van der Waals surface area contributed by atoms with Crippen LogP contribution in [0.25, 0.3) is 12.2 Å². The van der Waals surface area contributed by atoms with Gasteiger partial charge in [0, 0.05) is 23.0 Å². The van der Waals surface area contributed by atoms with Crippen molar-refractivity contribution in [3.63, 3.8) is 0 Å². The van der Waals surface area contributed by atoms with E-state index in [0.29, 0.717) is 6.61 Å². The summed E-state index contributed by atoms with van der Waals surface area (Å²) in [6, 6.07) is 19.2. The van der Waals surface area contributed by atoms with Gasteiger partial charge in [-0.05, 0) is 96.9 Å². The van der Waals surface area contributed by atoms with E-state index >= 15 is 0 Å². The molecule has 2 heterocycles. The summed E-state index contributed by atoms with van der Waals surface area (Å²) in [7, 11) is 0. The van der Waals surface area contributed by atoms with Gasteiger partial charge >= 0.3 is 29.6 Å². The van der Waals surface area contributed by atoms with Gasteiger partial charge in [-0.1, -0.05) is 42.5 Å². The zero-order valence-corrected chi connectivity index (χ0v) is 24.2. The summed E-state index contributed by atoms with van der Waals surface area (Å²) in [6.45, 7) is 0.540. The summed E-state index contributed by atoms with van der Waals surface area (Å²) >= 11 is 1.84. The maximum Gasteiger partial charge on any atom is 1.00 e. The van der Waals surface area contributed by atoms with Crippen LogP contribution in [0.3, 0.4) is 0 Å². The maximum atomic E-state index is 11.3. The number of carbonyl (C=O) groups is 1. The molecule has 1 aromatic heterocycles. The molecule has 184 valence electrons. The molecule has 3 aromatic rings. The van der Waals surface area contributed by atoms with Crippen LogP contribution in [-0.2, 0) is 24.2 Å². The number of benzene rings is 2. The number of carboxylic acids is 1. The van der Waals surface area contributed by atoms with Gasteiger partial charge in [0.25, 0.3) is 0 Å². The van der Waals surface area contributed by atoms with Crippen LogP contribution in [0.4, 0.5) is 0 Å². The van der Waals surface area contributed by atoms with Crippen LogP contribution in [0.2, 0.25) is 0 Å². The van der Waals surface area contributed by atoms with Crippen molar-refractivity contribution in [1.29, 1.82) is 0 Å². The number of aryl methyl sites for hydroxylation is 2. The van der Waals surface area contributed by atoms with Crippen LogP contribution < -0.4 is 39.4 Å². The first kappa shape index (κ1) is 26.6. The average molecular weight is 520 g/mol. The summed E-state index contributed by atoms with van der Waals surface area (Å²) < 4.78 is 6.24. The van der Waals surface area contributed by atoms with Crippen LogP contribution in [0.15, 0.2) is 54.6 Å². The van der Waals surface area contributed by atoms with E-state index in [4.69, 9.17) is 9.72 Å². The number of hydrogen-bond acceptors (Lipinski definition) is 5. The van der Waals surface area contributed by atoms with Gasteiger partial charge in [-0.15, -0.1) is 11.8 Å². The van der Waals surface area contributed by atoms with Crippen molar-refractivity contribution in [2.75, 3.05) is 5.75 Å². The number of hydrogen-bond donors (Lipinski definition) is 0. The summed E-state index contributed by atoms with van der Waals surface area (Å²) in [5.74, 6) is 0.761. The van der Waals surface area contributed by atoms with Crippen LogP contribution in [0.5, 0.6) is 5.75 Å². The Bertz CT molecular complexity index is 1330. The van der Waals surface area contributed by atoms with Gasteiger partial charge in [0.1, 0.15) is 12.4 Å². The quantitative estimate of drug-likeness (QED) is 0.450. The van der Waals surface area contributed by atoms with Crippen LogP contribution in [0.1, 0.15) is 76.6 Å². The molecule has 2 aliphatic carbocycles. The molecule has 4 nitrogen and oxygen atoms in total. The van der Waals surface area contributed by atoms with Crippen molar-refractivity contribution in [1.82, 2.24) is 4.98 Å². The fraction of sp³-hybridized carbons (Fsp3) is 0.355. The second-order valence-corrected chi connectivity index (χ2v) is 11.5. The molecule has 2 aromatic carbocycles. The standard InChI is InChI=1S/C31H31NO3S.Na/c33-29(34)18-31(15-16-31)20-36-30-25-7-3-1-6-23(25)19-35-28-14-10-21(17-26(28)30)9-12-24-13-11-22-5-2-4-8-27(22)32-24;/h1,3,6-7,9-14,17,30H,2,4-5,8,15-16,18-20H2,(H,33,34);/q;+1/p-1/b12-9+;. The van der Waals surface area contributed by atoms with Crippen LogP contribution >= 0.6 is 11.8 Å². The number of aromatic nitrogens is 1. The minimum atomic E-state index is -0.943. The van der Waals surface area contributed by atoms with Crippen molar-refractivity contribution in [2.24, 2.45) is 5.41 Å². The molecular weight excluding hydrogens is 489 g/mol. The molecule has 0 N–H and O–H groups in total. The van der Waals surface area contributed by atoms with E-state index in [0.717, 1.165) is 54.0 Å². The van der Waals surface area contributed by atoms with Crippen molar-refractivity contribution < 1.29 is 44.2 Å². The summed E-state index contributed by atoms with van der Waals surface area (Å²) in [4.78, 5) is 16.2. The first-order valence-electron chi connectivity index (χ1n) is 12.9. The summed E-state index contributed by atoms with van der Waals surface area (Å²) in [6.07, 6.45) is 11.0. The molecule has 1 saturated carbocycles. The van der Waals surface area contributed by atoms with E-state index in [-0.39, 0.29) is 46.6 Å². The molecule has 0 bridgehead atoms. The molecule has 1 unspecified atom stereocenters. The number of ether oxygens (including phenoxy) is 1. The van der Waals surface area contributed by atoms with Crippen molar-refractivity contribution in [2.45, 2.75) is 56.8 Å². The number of thioether (sulfide) groups is 1. The van der Waals surface area contributed by atoms with Gasteiger partial charge in [0.05, 0.1) is 10.9 Å². The minimum absolute atomic E-state index is 0. The molecule has 1 aliphatic heterocycles. The second kappa shape index (κ2) is 11.4. The maximum absolute atomic E-state index is 11.3. The monoisotopic (exact) mass is 519 g/mol. The first-order chi connectivity index (χ1) is 17.6. The third kappa shape index (κ3) is 6.01. The van der Waals surface area contributed by atoms with E-state index < -0.39 is 5.97 Å². The largest absolute Gasteiger partial charge is 1.00 e. The van der Waals surface area contributed by atoms with Crippen molar-refractivity contribution in [3.8, 4) is 5.75 Å². The van der Waals surface area contributed by atoms with Gasteiger partial charge in [-0.2, -0.15) is 0 Å². The molecular formula is C31H30NNaO3S. The molecule has 3 aliphatic rings. The van der Waals surface area contributed by atoms with Gasteiger partial charge < -0.3 is 14.6 Å². The van der Waals surface area contributed by atoms with Crippen LogP contribution in [-0.4, -0.2) is 16.7 Å². The molecule has 0 radical (unpaired) electrons. The number of pyridine rings is 1. The van der Waals surface area contributed by atoms with Crippen molar-refractivity contribution >= 4 is 29.9 Å². The first-order valence-corrected chi connectivity index (χ1v) is 14.0. The van der Waals surface area contributed by atoms with Crippen molar-refractivity contribution in [3.05, 3.63) is 93.8 Å². The Kier molecular flexibility index (Phi) is 8.16. The zero-order chi connectivity index (χ0) is 24.5. The molecule has 37 heavy (non-hydrogen) atoms. The number of aliphatic carboxylic acids is 1. The SMILES string of the molecule is O=C([O-])CC1(CSC2c3ccccc3COc3ccc(/C=C/c4ccc5c(n4)CCCC5)cc32)CC1.[Na+]. The molecule has 1 atom stereocenters. The number of fused-ring (bicyclic) bond motifs is 3. The fourth-order valence-corrected chi connectivity index (χ4v) is 7.10. The van der Waals surface area contributed by atoms with Crippen LogP contribution in [0, 0.1) is 5.41 Å². The van der Waals surface area contributed by atoms with E-state index in [1.807, 2.05) is 11.8 Å². The van der Waals surface area contributed by atoms with E-state index in [9.17, 15) is 9.90 Å². The molecule has 0 amide bonds. The Morgan fingerprint density at radius 1 is 1.03 bits per heavy atom. The van der Waals surface area contributed by atoms with E-state index in [2.05, 4.69) is 66.7 Å². The van der Waals surface area contributed by atoms with Gasteiger partial charge in [0.15, 0.2) is 0 Å². The van der Waals surface area contributed by atoms with Gasteiger partial charge in [-0.3, -0.25) is 4.98 Å². The number of nitrogens with zero attached hydrogens (tertiary/aromatic N) is 1. The van der Waals surface area contributed by atoms with Gasteiger partial charge in [-0.25, -0.2) is 0 Å². The summed E-state index contributed by atoms with van der Waals surface area (Å²) in [5.41, 5.74) is 8.21. The van der Waals surface area contributed by atoms with Gasteiger partial charge in [0.2, 0.25) is 0 Å². The number of carbonyl (C=O) groups excluding carboxylic acids is 1. The third-order valence-electron chi connectivity index (χ3n) is 7.72. The molecule has 6 heteroatoms. The Morgan fingerprint density at radius 3 is 2.70 bits per heavy atom. The van der Waals surface area contributed by atoms with E-state index in [1.165, 1.54) is 35.2 Å². The molecule has 1 fully saturated rings. The Morgan fingerprint density at radius 2 is 1.86 bits per heavy atom. The number of rotatable bonds is 7. The second-order valence-electron chi connectivity index (χ2n) is 10.4. The fourth-order valence-electron chi connectivity index (χ4n) is 5.42. The normalized spacial score (nSPS) is 19.0. The van der Waals surface area contributed by atoms with E-state index in [1.54, 1.807) is 0 Å². The molecule has 0 saturated heterocycles. The third-order valence-corrected chi connectivity index (χ3v) is 9.34. The average Bonchev–Trinajstić information content (AvgIpc) is 3.67. The number of carboxylic acid groups (broad SMARTS) is 1. The Hall–Kier alpha value is -2.05. The minimum Gasteiger partial charge on any atom is -0.550 e. The topological polar surface area (TPSA) is 62.2 Å². The summed E-state index contributed by atoms with van der Waals surface area (Å²) in [5, 5.41) is 11.4. The molecule has 6 rings (SSSR count). The zero-order valence-electron chi connectivity index (χ0n) is 21.4. The Balaban J connectivity index is 0.00000280. The predicted octanol–water partition coefficient (Wildman–Crippen LogP) is 2.77. The Labute approximate surface area is 245 Å².